The summed E-state index contributed by atoms with van der Waals surface area (Å²) in [6, 6.07) is 17.9. The number of likely N-dealkylation sites (tertiary alicyclic amines) is 1. The average molecular weight is 349 g/mol. The second-order valence-electron chi connectivity index (χ2n) is 7.59. The highest BCUT2D eigenvalue weighted by molar-refractivity contribution is 5.76. The smallest absolute Gasteiger partial charge is 0.220 e. The van der Waals surface area contributed by atoms with Crippen molar-refractivity contribution in [2.45, 2.75) is 38.3 Å². The van der Waals surface area contributed by atoms with E-state index >= 15 is 0 Å². The van der Waals surface area contributed by atoms with Crippen molar-refractivity contribution in [3.05, 3.63) is 65.2 Å². The molecule has 1 amide bonds. The number of aryl methyl sites for hydroxylation is 1. The normalized spacial score (nSPS) is 20.7. The topological polar surface area (TPSA) is 58.4 Å². The molecule has 4 nitrogen and oxygen atoms in total. The van der Waals surface area contributed by atoms with Gasteiger partial charge >= 0.3 is 0 Å². The fraction of sp³-hybridized carbons (Fsp3) is 0.409. The number of primary amides is 1. The Hall–Kier alpha value is -2.33. The van der Waals surface area contributed by atoms with Gasteiger partial charge in [-0.15, -0.1) is 0 Å². The van der Waals surface area contributed by atoms with E-state index in [2.05, 4.69) is 58.7 Å². The molecule has 1 aliphatic carbocycles. The molecule has 2 aromatic rings. The maximum Gasteiger partial charge on any atom is 0.220 e. The lowest BCUT2D eigenvalue weighted by Gasteiger charge is -2.30. The number of benzene rings is 2. The molecule has 4 rings (SSSR count). The van der Waals surface area contributed by atoms with Crippen molar-refractivity contribution >= 4 is 11.6 Å². The number of carbonyl (C=O) groups is 1. The van der Waals surface area contributed by atoms with Gasteiger partial charge in [0.15, 0.2) is 0 Å². The van der Waals surface area contributed by atoms with Crippen LogP contribution >= 0.6 is 0 Å². The van der Waals surface area contributed by atoms with E-state index in [1.54, 1.807) is 0 Å². The van der Waals surface area contributed by atoms with Crippen molar-refractivity contribution in [2.75, 3.05) is 18.4 Å². The number of anilines is 1. The predicted molar refractivity (Wildman–Crippen MR) is 105 cm³/mol. The summed E-state index contributed by atoms with van der Waals surface area (Å²) in [6.45, 7) is 2.82. The van der Waals surface area contributed by atoms with E-state index in [1.165, 1.54) is 22.4 Å². The van der Waals surface area contributed by atoms with Crippen LogP contribution in [-0.2, 0) is 17.8 Å². The van der Waals surface area contributed by atoms with Gasteiger partial charge in [0.1, 0.15) is 0 Å². The third-order valence-electron chi connectivity index (χ3n) is 5.80. The molecule has 0 saturated carbocycles. The summed E-state index contributed by atoms with van der Waals surface area (Å²) in [7, 11) is 0. The number of amides is 1. The fourth-order valence-electron chi connectivity index (χ4n) is 4.30. The van der Waals surface area contributed by atoms with Gasteiger partial charge in [-0.2, -0.15) is 0 Å². The summed E-state index contributed by atoms with van der Waals surface area (Å²) < 4.78 is 0. The van der Waals surface area contributed by atoms with Gasteiger partial charge in [-0.3, -0.25) is 9.69 Å². The summed E-state index contributed by atoms with van der Waals surface area (Å²) in [5.74, 6) is -0.0885. The highest BCUT2D eigenvalue weighted by Crippen LogP contribution is 2.33. The fourth-order valence-corrected chi connectivity index (χ4v) is 4.30. The minimum Gasteiger partial charge on any atom is -0.378 e. The molecule has 3 N–H and O–H groups in total. The van der Waals surface area contributed by atoms with Crippen molar-refractivity contribution in [1.82, 2.24) is 4.90 Å². The van der Waals surface area contributed by atoms with E-state index in [0.717, 1.165) is 45.3 Å². The first-order chi connectivity index (χ1) is 12.7. The zero-order chi connectivity index (χ0) is 17.9. The Morgan fingerprint density at radius 1 is 1.08 bits per heavy atom. The van der Waals surface area contributed by atoms with Gasteiger partial charge in [-0.05, 0) is 67.6 Å². The van der Waals surface area contributed by atoms with E-state index in [4.69, 9.17) is 5.73 Å². The minimum atomic E-state index is -0.146. The zero-order valence-corrected chi connectivity index (χ0v) is 15.2. The molecule has 1 aliphatic heterocycles. The summed E-state index contributed by atoms with van der Waals surface area (Å²) in [5, 5.41) is 3.72. The molecule has 26 heavy (non-hydrogen) atoms. The van der Waals surface area contributed by atoms with Crippen molar-refractivity contribution in [2.24, 2.45) is 11.7 Å². The van der Waals surface area contributed by atoms with Crippen molar-refractivity contribution in [3.8, 4) is 0 Å². The van der Waals surface area contributed by atoms with E-state index in [-0.39, 0.29) is 11.8 Å². The second kappa shape index (κ2) is 7.50. The minimum absolute atomic E-state index is 0.0571. The molecule has 1 fully saturated rings. The van der Waals surface area contributed by atoms with Crippen LogP contribution < -0.4 is 11.1 Å². The van der Waals surface area contributed by atoms with Gasteiger partial charge in [-0.25, -0.2) is 0 Å². The highest BCUT2D eigenvalue weighted by Gasteiger charge is 2.24. The highest BCUT2D eigenvalue weighted by atomic mass is 16.1. The maximum absolute atomic E-state index is 11.3. The monoisotopic (exact) mass is 349 g/mol. The Labute approximate surface area is 155 Å². The van der Waals surface area contributed by atoms with Gasteiger partial charge in [0.05, 0.1) is 6.04 Å². The third kappa shape index (κ3) is 3.75. The number of nitrogens with one attached hydrogen (secondary N) is 1. The average Bonchev–Trinajstić information content (AvgIpc) is 3.06. The van der Waals surface area contributed by atoms with E-state index in [0.29, 0.717) is 6.04 Å². The van der Waals surface area contributed by atoms with E-state index in [1.807, 2.05) is 0 Å². The summed E-state index contributed by atoms with van der Waals surface area (Å²) in [4.78, 5) is 13.7. The standard InChI is InChI=1S/C22H27N3O/c23-22(26)18-10-12-25(13-11-18)15-16-4-3-6-19(14-16)24-21-9-8-17-5-1-2-7-20(17)21/h1-7,14,18,21,24H,8-13,15H2,(H2,23,26). The SMILES string of the molecule is NC(=O)C1CCN(Cc2cccc(NC3CCc4ccccc43)c2)CC1. The van der Waals surface area contributed by atoms with Crippen LogP contribution in [0.15, 0.2) is 48.5 Å². The van der Waals surface area contributed by atoms with E-state index < -0.39 is 0 Å². The van der Waals surface area contributed by atoms with Gasteiger partial charge < -0.3 is 11.1 Å². The van der Waals surface area contributed by atoms with Crippen LogP contribution in [0.4, 0.5) is 5.69 Å². The number of carbonyl (C=O) groups excluding carboxylic acids is 1. The number of piperidine rings is 1. The molecule has 1 atom stereocenters. The molecule has 0 bridgehead atoms. The quantitative estimate of drug-likeness (QED) is 0.869. The van der Waals surface area contributed by atoms with Crippen molar-refractivity contribution < 1.29 is 4.79 Å². The molecule has 4 heteroatoms. The molecule has 0 spiro atoms. The molecule has 0 aromatic heterocycles. The first kappa shape index (κ1) is 17.1. The zero-order valence-electron chi connectivity index (χ0n) is 15.2. The number of hydrogen-bond donors (Lipinski definition) is 2. The lowest BCUT2D eigenvalue weighted by atomic mass is 9.96. The van der Waals surface area contributed by atoms with Gasteiger partial charge in [0.2, 0.25) is 5.91 Å². The lowest BCUT2D eigenvalue weighted by Crippen LogP contribution is -2.38. The third-order valence-corrected chi connectivity index (χ3v) is 5.80. The Balaban J connectivity index is 1.38. The van der Waals surface area contributed by atoms with E-state index in [9.17, 15) is 4.79 Å². The van der Waals surface area contributed by atoms with Crippen molar-refractivity contribution in [1.29, 1.82) is 0 Å². The van der Waals surface area contributed by atoms with Gasteiger partial charge in [-0.1, -0.05) is 36.4 Å². The van der Waals surface area contributed by atoms with Crippen molar-refractivity contribution in [3.63, 3.8) is 0 Å². The largest absolute Gasteiger partial charge is 0.378 e. The summed E-state index contributed by atoms with van der Waals surface area (Å²) >= 11 is 0. The molecular weight excluding hydrogens is 322 g/mol. The first-order valence-electron chi connectivity index (χ1n) is 9.64. The Kier molecular flexibility index (Phi) is 4.93. The summed E-state index contributed by atoms with van der Waals surface area (Å²) in [6.07, 6.45) is 4.07. The van der Waals surface area contributed by atoms with Crippen LogP contribution in [0.25, 0.3) is 0 Å². The maximum atomic E-state index is 11.3. The van der Waals surface area contributed by atoms with Crippen LogP contribution in [0, 0.1) is 5.92 Å². The molecule has 1 unspecified atom stereocenters. The molecule has 2 aliphatic rings. The Morgan fingerprint density at radius 2 is 1.88 bits per heavy atom. The number of hydrogen-bond acceptors (Lipinski definition) is 3. The summed E-state index contributed by atoms with van der Waals surface area (Å²) in [5.41, 5.74) is 10.8. The molecule has 136 valence electrons. The number of fused-ring (bicyclic) bond motifs is 1. The molecule has 1 saturated heterocycles. The van der Waals surface area contributed by atoms with Crippen LogP contribution in [0.1, 0.15) is 42.0 Å². The number of nitrogens with two attached hydrogens (primary N) is 1. The van der Waals surface area contributed by atoms with Gasteiger partial charge in [0.25, 0.3) is 0 Å². The molecule has 1 heterocycles. The van der Waals surface area contributed by atoms with Crippen LogP contribution in [0.3, 0.4) is 0 Å². The second-order valence-corrected chi connectivity index (χ2v) is 7.59. The first-order valence-corrected chi connectivity index (χ1v) is 9.64. The van der Waals surface area contributed by atoms with Crippen LogP contribution in [0.5, 0.6) is 0 Å². The van der Waals surface area contributed by atoms with Gasteiger partial charge in [0, 0.05) is 18.2 Å². The lowest BCUT2D eigenvalue weighted by molar-refractivity contribution is -0.123. The number of rotatable bonds is 5. The molecule has 0 radical (unpaired) electrons. The predicted octanol–water partition coefficient (Wildman–Crippen LogP) is 3.48. The Bertz CT molecular complexity index is 780. The molecular formula is C22H27N3O. The van der Waals surface area contributed by atoms with Crippen LogP contribution in [-0.4, -0.2) is 23.9 Å². The molecule has 2 aromatic carbocycles. The number of nitrogens with zero attached hydrogens (tertiary/aromatic N) is 1. The van der Waals surface area contributed by atoms with Crippen LogP contribution in [0.2, 0.25) is 0 Å². The Morgan fingerprint density at radius 3 is 2.69 bits per heavy atom.